The predicted molar refractivity (Wildman–Crippen MR) is 121 cm³/mol. The summed E-state index contributed by atoms with van der Waals surface area (Å²) in [6, 6.07) is 9.69. The molecular formula is C23H30N6O3. The van der Waals surface area contributed by atoms with Gasteiger partial charge in [0.25, 0.3) is 5.91 Å². The van der Waals surface area contributed by atoms with Gasteiger partial charge in [-0.15, -0.1) is 0 Å². The van der Waals surface area contributed by atoms with Gasteiger partial charge in [-0.2, -0.15) is 0 Å². The average Bonchev–Trinajstić information content (AvgIpc) is 3.44. The van der Waals surface area contributed by atoms with Gasteiger partial charge in [-0.1, -0.05) is 12.1 Å². The number of nitrogens with two attached hydrogens (primary N) is 1. The molecule has 0 radical (unpaired) electrons. The average molecular weight is 439 g/mol. The topological polar surface area (TPSA) is 138 Å². The third-order valence-corrected chi connectivity index (χ3v) is 5.38. The Labute approximate surface area is 187 Å². The van der Waals surface area contributed by atoms with Crippen molar-refractivity contribution < 1.29 is 14.7 Å². The molecule has 2 atom stereocenters. The van der Waals surface area contributed by atoms with Gasteiger partial charge >= 0.3 is 5.97 Å². The number of aliphatic carboxylic acids is 1. The van der Waals surface area contributed by atoms with Crippen LogP contribution < -0.4 is 16.4 Å². The van der Waals surface area contributed by atoms with Gasteiger partial charge in [0.1, 0.15) is 11.9 Å². The lowest BCUT2D eigenvalue weighted by molar-refractivity contribution is -0.139. The van der Waals surface area contributed by atoms with Crippen LogP contribution in [0.1, 0.15) is 46.3 Å². The highest BCUT2D eigenvalue weighted by Gasteiger charge is 2.20. The van der Waals surface area contributed by atoms with E-state index in [0.717, 1.165) is 17.1 Å². The van der Waals surface area contributed by atoms with E-state index in [4.69, 9.17) is 5.73 Å². The second-order valence-corrected chi connectivity index (χ2v) is 7.76. The lowest BCUT2D eigenvalue weighted by atomic mass is 10.0. The number of hydrogen-bond donors (Lipinski definition) is 5. The zero-order chi connectivity index (χ0) is 22.9. The van der Waals surface area contributed by atoms with Crippen molar-refractivity contribution in [1.82, 2.24) is 25.2 Å². The first-order valence-corrected chi connectivity index (χ1v) is 10.6. The number of aromatic nitrogens is 3. The van der Waals surface area contributed by atoms with Crippen molar-refractivity contribution in [2.45, 2.75) is 37.9 Å². The summed E-state index contributed by atoms with van der Waals surface area (Å²) >= 11 is 0. The molecule has 2 aromatic heterocycles. The van der Waals surface area contributed by atoms with E-state index in [1.807, 2.05) is 29.9 Å². The van der Waals surface area contributed by atoms with Crippen molar-refractivity contribution in [2.75, 3.05) is 6.54 Å². The highest BCUT2D eigenvalue weighted by molar-refractivity contribution is 5.96. The molecule has 0 aliphatic rings. The second-order valence-electron chi connectivity index (χ2n) is 7.76. The second kappa shape index (κ2) is 11.3. The minimum absolute atomic E-state index is 0.256. The maximum absolute atomic E-state index is 12.5. The number of carbonyl (C=O) groups excluding carboxylic acids is 1. The molecule has 0 fully saturated rings. The lowest BCUT2D eigenvalue weighted by Gasteiger charge is -2.16. The number of carboxylic acid groups (broad SMARTS) is 1. The fraction of sp³-hybridized carbons (Fsp3) is 0.348. The number of rotatable bonds is 12. The summed E-state index contributed by atoms with van der Waals surface area (Å²) in [5.74, 6) is -0.667. The van der Waals surface area contributed by atoms with E-state index in [0.29, 0.717) is 37.9 Å². The molecule has 0 spiro atoms. The maximum atomic E-state index is 12.5. The van der Waals surface area contributed by atoms with Crippen LogP contribution >= 0.6 is 0 Å². The Bertz CT molecular complexity index is 997. The smallest absolute Gasteiger partial charge is 0.326 e. The van der Waals surface area contributed by atoms with Crippen molar-refractivity contribution in [3.05, 3.63) is 77.6 Å². The molecule has 1 unspecified atom stereocenters. The Morgan fingerprint density at radius 2 is 2.03 bits per heavy atom. The van der Waals surface area contributed by atoms with Gasteiger partial charge in [-0.3, -0.25) is 4.79 Å². The molecule has 170 valence electrons. The summed E-state index contributed by atoms with van der Waals surface area (Å²) in [5.41, 5.74) is 8.63. The van der Waals surface area contributed by atoms with E-state index in [1.165, 1.54) is 0 Å². The molecule has 0 saturated carbocycles. The Balaban J connectivity index is 1.46. The van der Waals surface area contributed by atoms with Gasteiger partial charge < -0.3 is 31.0 Å². The normalized spacial score (nSPS) is 12.9. The van der Waals surface area contributed by atoms with Crippen LogP contribution in [-0.4, -0.2) is 44.1 Å². The van der Waals surface area contributed by atoms with Gasteiger partial charge in [0.05, 0.1) is 0 Å². The van der Waals surface area contributed by atoms with E-state index in [1.54, 1.807) is 36.7 Å². The fourth-order valence-corrected chi connectivity index (χ4v) is 3.44. The SMILES string of the molecule is Cn1cccc1CNCCC[C@H](NC(=O)c1ccc(C(N)Cc2ncc[nH]2)cc1)C(=O)O. The van der Waals surface area contributed by atoms with Crippen molar-refractivity contribution in [3.8, 4) is 0 Å². The number of benzene rings is 1. The van der Waals surface area contributed by atoms with E-state index >= 15 is 0 Å². The van der Waals surface area contributed by atoms with Gasteiger partial charge in [0.15, 0.2) is 0 Å². The van der Waals surface area contributed by atoms with Gasteiger partial charge in [0.2, 0.25) is 0 Å². The molecule has 3 aromatic rings. The molecule has 32 heavy (non-hydrogen) atoms. The molecule has 0 aliphatic carbocycles. The number of carbonyl (C=O) groups is 2. The number of carboxylic acids is 1. The number of hydrogen-bond acceptors (Lipinski definition) is 5. The maximum Gasteiger partial charge on any atom is 0.326 e. The molecule has 3 rings (SSSR count). The highest BCUT2D eigenvalue weighted by atomic mass is 16.4. The molecular weight excluding hydrogens is 408 g/mol. The van der Waals surface area contributed by atoms with Gasteiger partial charge in [-0.05, 0) is 49.2 Å². The molecule has 6 N–H and O–H groups in total. The van der Waals surface area contributed by atoms with Crippen LogP contribution in [0.15, 0.2) is 55.0 Å². The molecule has 9 nitrogen and oxygen atoms in total. The number of H-pyrrole nitrogens is 1. The van der Waals surface area contributed by atoms with E-state index in [2.05, 4.69) is 20.6 Å². The Kier molecular flexibility index (Phi) is 8.18. The molecule has 0 bridgehead atoms. The predicted octanol–water partition coefficient (Wildman–Crippen LogP) is 1.74. The van der Waals surface area contributed by atoms with Crippen molar-refractivity contribution in [1.29, 1.82) is 0 Å². The minimum Gasteiger partial charge on any atom is -0.480 e. The summed E-state index contributed by atoms with van der Waals surface area (Å²) < 4.78 is 2.03. The van der Waals surface area contributed by atoms with Crippen molar-refractivity contribution in [2.24, 2.45) is 12.8 Å². The number of aromatic amines is 1. The largest absolute Gasteiger partial charge is 0.480 e. The summed E-state index contributed by atoms with van der Waals surface area (Å²) in [6.07, 6.45) is 6.92. The molecule has 1 amide bonds. The van der Waals surface area contributed by atoms with Crippen LogP contribution in [0.4, 0.5) is 0 Å². The van der Waals surface area contributed by atoms with Crippen LogP contribution in [0, 0.1) is 0 Å². The van der Waals surface area contributed by atoms with Gasteiger partial charge in [0, 0.05) is 55.9 Å². The van der Waals surface area contributed by atoms with Gasteiger partial charge in [-0.25, -0.2) is 9.78 Å². The number of aryl methyl sites for hydroxylation is 1. The van der Waals surface area contributed by atoms with Crippen LogP contribution in [0.3, 0.4) is 0 Å². The zero-order valence-corrected chi connectivity index (χ0v) is 18.1. The first kappa shape index (κ1) is 23.2. The van der Waals surface area contributed by atoms with Crippen molar-refractivity contribution in [3.63, 3.8) is 0 Å². The summed E-state index contributed by atoms with van der Waals surface area (Å²) in [7, 11) is 1.98. The third-order valence-electron chi connectivity index (χ3n) is 5.38. The summed E-state index contributed by atoms with van der Waals surface area (Å²) in [6.45, 7) is 1.37. The Morgan fingerprint density at radius 1 is 1.25 bits per heavy atom. The number of imidazole rings is 1. The van der Waals surface area contributed by atoms with Crippen LogP contribution in [0.5, 0.6) is 0 Å². The summed E-state index contributed by atoms with van der Waals surface area (Å²) in [5, 5.41) is 15.4. The number of amides is 1. The minimum atomic E-state index is -1.04. The Morgan fingerprint density at radius 3 is 2.66 bits per heavy atom. The quantitative estimate of drug-likeness (QED) is 0.273. The molecule has 1 aromatic carbocycles. The van der Waals surface area contributed by atoms with E-state index < -0.39 is 17.9 Å². The molecule has 2 heterocycles. The first-order valence-electron chi connectivity index (χ1n) is 10.6. The van der Waals surface area contributed by atoms with Crippen LogP contribution in [-0.2, 0) is 24.8 Å². The van der Waals surface area contributed by atoms with Crippen molar-refractivity contribution >= 4 is 11.9 Å². The number of nitrogens with zero attached hydrogens (tertiary/aromatic N) is 2. The first-order chi connectivity index (χ1) is 15.4. The fourth-order valence-electron chi connectivity index (χ4n) is 3.44. The number of nitrogens with one attached hydrogen (secondary N) is 3. The molecule has 9 heteroatoms. The molecule has 0 saturated heterocycles. The highest BCUT2D eigenvalue weighted by Crippen LogP contribution is 2.15. The third kappa shape index (κ3) is 6.53. The standard InChI is InChI=1S/C23H30N6O3/c1-29-13-3-4-18(29)15-25-10-2-5-20(23(31)32)28-22(30)17-8-6-16(7-9-17)19(24)14-21-26-11-12-27-21/h3-4,6-9,11-13,19-20,25H,2,5,10,14-15,24H2,1H3,(H,26,27)(H,28,30)(H,31,32)/t19?,20-/m0/s1. The van der Waals surface area contributed by atoms with E-state index in [-0.39, 0.29) is 6.04 Å². The Hall–Kier alpha value is -3.43. The monoisotopic (exact) mass is 438 g/mol. The van der Waals surface area contributed by atoms with E-state index in [9.17, 15) is 14.7 Å². The van der Waals surface area contributed by atoms with Crippen LogP contribution in [0.25, 0.3) is 0 Å². The lowest BCUT2D eigenvalue weighted by Crippen LogP contribution is -2.41. The van der Waals surface area contributed by atoms with Crippen LogP contribution in [0.2, 0.25) is 0 Å². The summed E-state index contributed by atoms with van der Waals surface area (Å²) in [4.78, 5) is 31.3. The molecule has 0 aliphatic heterocycles. The zero-order valence-electron chi connectivity index (χ0n) is 18.1.